The Morgan fingerprint density at radius 3 is 1.52 bits per heavy atom. The molecule has 11 heteroatoms. The first-order chi connectivity index (χ1) is 11.5. The van der Waals surface area contributed by atoms with E-state index < -0.39 is 61.0 Å². The molecular formula is C14H18F2O9. The molecule has 0 aromatic heterocycles. The van der Waals surface area contributed by atoms with Gasteiger partial charge in [0.2, 0.25) is 12.4 Å². The summed E-state index contributed by atoms with van der Waals surface area (Å²) in [6, 6.07) is 0. The van der Waals surface area contributed by atoms with Gasteiger partial charge in [0, 0.05) is 27.7 Å². The molecule has 0 radical (unpaired) electrons. The van der Waals surface area contributed by atoms with Gasteiger partial charge >= 0.3 is 23.9 Å². The molecule has 0 spiro atoms. The second-order valence-corrected chi connectivity index (χ2v) is 5.14. The monoisotopic (exact) mass is 368 g/mol. The van der Waals surface area contributed by atoms with Gasteiger partial charge in [-0.1, -0.05) is 0 Å². The van der Waals surface area contributed by atoms with Crippen LogP contribution in [-0.4, -0.2) is 61.0 Å². The third-order valence-corrected chi connectivity index (χ3v) is 2.97. The van der Waals surface area contributed by atoms with Gasteiger partial charge in [0.1, 0.15) is 0 Å². The lowest BCUT2D eigenvalue weighted by molar-refractivity contribution is -0.310. The number of hydrogen-bond acceptors (Lipinski definition) is 9. The van der Waals surface area contributed by atoms with Crippen molar-refractivity contribution in [3.8, 4) is 0 Å². The maximum absolute atomic E-state index is 13.3. The quantitative estimate of drug-likeness (QED) is 0.500. The van der Waals surface area contributed by atoms with Crippen LogP contribution < -0.4 is 0 Å². The van der Waals surface area contributed by atoms with Crippen LogP contribution in [0.25, 0.3) is 0 Å². The largest absolute Gasteiger partial charge is 0.455 e. The van der Waals surface area contributed by atoms with Crippen molar-refractivity contribution in [2.24, 2.45) is 0 Å². The molecule has 1 heterocycles. The van der Waals surface area contributed by atoms with E-state index in [1.807, 2.05) is 0 Å². The Labute approximate surface area is 141 Å². The topological polar surface area (TPSA) is 114 Å². The van der Waals surface area contributed by atoms with Crippen LogP contribution in [0.2, 0.25) is 0 Å². The predicted molar refractivity (Wildman–Crippen MR) is 73.1 cm³/mol. The summed E-state index contributed by atoms with van der Waals surface area (Å²) in [5.41, 5.74) is 0. The molecule has 0 aliphatic carbocycles. The lowest BCUT2D eigenvalue weighted by Gasteiger charge is -2.43. The van der Waals surface area contributed by atoms with Gasteiger partial charge in [0.25, 0.3) is 6.43 Å². The van der Waals surface area contributed by atoms with Crippen LogP contribution in [0.4, 0.5) is 8.78 Å². The molecule has 0 aromatic rings. The van der Waals surface area contributed by atoms with Gasteiger partial charge in [-0.15, -0.1) is 0 Å². The van der Waals surface area contributed by atoms with Gasteiger partial charge in [-0.05, 0) is 0 Å². The molecule has 25 heavy (non-hydrogen) atoms. The number of carbonyl (C=O) groups is 4. The summed E-state index contributed by atoms with van der Waals surface area (Å²) in [5, 5.41) is 0. The van der Waals surface area contributed by atoms with Crippen molar-refractivity contribution in [3.05, 3.63) is 0 Å². The number of rotatable bonds is 5. The van der Waals surface area contributed by atoms with Crippen LogP contribution in [0, 0.1) is 0 Å². The Bertz CT molecular complexity index is 536. The summed E-state index contributed by atoms with van der Waals surface area (Å²) in [6.45, 7) is 3.90. The summed E-state index contributed by atoms with van der Waals surface area (Å²) >= 11 is 0. The van der Waals surface area contributed by atoms with E-state index in [1.54, 1.807) is 0 Å². The molecule has 9 nitrogen and oxygen atoms in total. The Balaban J connectivity index is 3.31. The molecule has 1 rings (SSSR count). The fraction of sp³-hybridized carbons (Fsp3) is 0.714. The Kier molecular flexibility index (Phi) is 7.22. The van der Waals surface area contributed by atoms with Gasteiger partial charge in [0.05, 0.1) is 0 Å². The smallest absolute Gasteiger partial charge is 0.305 e. The standard InChI is InChI=1S/C14H18F2O9/c1-5(17)21-9-10(22-6(2)18)12(23-7(3)19)14(24-8(4)20)25-11(9)13(15)16/h9-14H,1-4H3/t9-,10+,11?,12-,14?/m0/s1. The highest BCUT2D eigenvalue weighted by molar-refractivity contribution is 5.69. The normalized spacial score (nSPS) is 28.8. The average Bonchev–Trinajstić information content (AvgIpc) is 2.42. The molecule has 1 aliphatic heterocycles. The summed E-state index contributed by atoms with van der Waals surface area (Å²) in [7, 11) is 0. The molecule has 142 valence electrons. The van der Waals surface area contributed by atoms with E-state index in [4.69, 9.17) is 23.7 Å². The number of carbonyl (C=O) groups excluding carboxylic acids is 4. The Morgan fingerprint density at radius 2 is 1.12 bits per heavy atom. The van der Waals surface area contributed by atoms with Gasteiger partial charge < -0.3 is 23.7 Å². The predicted octanol–water partition coefficient (Wildman–Crippen LogP) is 0.335. The van der Waals surface area contributed by atoms with Gasteiger partial charge in [-0.3, -0.25) is 19.2 Å². The van der Waals surface area contributed by atoms with Crippen molar-refractivity contribution in [1.29, 1.82) is 0 Å². The van der Waals surface area contributed by atoms with Gasteiger partial charge in [-0.2, -0.15) is 0 Å². The van der Waals surface area contributed by atoms with Crippen molar-refractivity contribution in [1.82, 2.24) is 0 Å². The van der Waals surface area contributed by atoms with Crippen molar-refractivity contribution in [2.45, 2.75) is 64.8 Å². The van der Waals surface area contributed by atoms with Crippen LogP contribution >= 0.6 is 0 Å². The molecule has 0 saturated carbocycles. The van der Waals surface area contributed by atoms with E-state index in [2.05, 4.69) is 0 Å². The molecule has 2 unspecified atom stereocenters. The average molecular weight is 368 g/mol. The molecule has 0 bridgehead atoms. The van der Waals surface area contributed by atoms with Gasteiger partial charge in [0.15, 0.2) is 18.3 Å². The first-order valence-corrected chi connectivity index (χ1v) is 7.15. The number of alkyl halides is 2. The fourth-order valence-electron chi connectivity index (χ4n) is 2.27. The number of ether oxygens (including phenoxy) is 5. The Hall–Kier alpha value is -2.30. The third-order valence-electron chi connectivity index (χ3n) is 2.97. The molecule has 0 aromatic carbocycles. The second-order valence-electron chi connectivity index (χ2n) is 5.14. The molecule has 1 fully saturated rings. The van der Waals surface area contributed by atoms with Gasteiger partial charge in [-0.25, -0.2) is 8.78 Å². The minimum Gasteiger partial charge on any atom is -0.455 e. The lowest BCUT2D eigenvalue weighted by Crippen LogP contribution is -2.63. The molecule has 0 amide bonds. The maximum atomic E-state index is 13.3. The van der Waals surface area contributed by atoms with Crippen molar-refractivity contribution >= 4 is 23.9 Å². The van der Waals surface area contributed by atoms with Crippen molar-refractivity contribution in [2.75, 3.05) is 0 Å². The van der Waals surface area contributed by atoms with Crippen molar-refractivity contribution < 1.29 is 51.6 Å². The van der Waals surface area contributed by atoms with Crippen LogP contribution in [0.15, 0.2) is 0 Å². The first kappa shape index (κ1) is 20.7. The SMILES string of the molecule is CC(=O)OC1OC(C(F)F)[C@@H](OC(C)=O)[C@@H](OC(C)=O)[C@@H]1OC(C)=O. The highest BCUT2D eigenvalue weighted by Gasteiger charge is 2.55. The molecule has 5 atom stereocenters. The molecular weight excluding hydrogens is 350 g/mol. The number of halogens is 2. The van der Waals surface area contributed by atoms with Crippen LogP contribution in [0.5, 0.6) is 0 Å². The molecule has 0 N–H and O–H groups in total. The van der Waals surface area contributed by atoms with E-state index in [-0.39, 0.29) is 0 Å². The number of hydrogen-bond donors (Lipinski definition) is 0. The van der Waals surface area contributed by atoms with Crippen LogP contribution in [-0.2, 0) is 42.9 Å². The molecule has 1 saturated heterocycles. The van der Waals surface area contributed by atoms with E-state index in [0.717, 1.165) is 27.7 Å². The highest BCUT2D eigenvalue weighted by atomic mass is 19.3. The zero-order valence-electron chi connectivity index (χ0n) is 13.9. The molecule has 1 aliphatic rings. The van der Waals surface area contributed by atoms with E-state index in [1.165, 1.54) is 0 Å². The maximum Gasteiger partial charge on any atom is 0.305 e. The lowest BCUT2D eigenvalue weighted by atomic mass is 9.98. The minimum absolute atomic E-state index is 0.889. The van der Waals surface area contributed by atoms with Crippen LogP contribution in [0.1, 0.15) is 27.7 Å². The Morgan fingerprint density at radius 1 is 0.720 bits per heavy atom. The zero-order valence-corrected chi connectivity index (χ0v) is 13.9. The summed E-state index contributed by atoms with van der Waals surface area (Å²) < 4.78 is 51.0. The third kappa shape index (κ3) is 5.93. The fourth-order valence-corrected chi connectivity index (χ4v) is 2.27. The summed E-state index contributed by atoms with van der Waals surface area (Å²) in [4.78, 5) is 45.1. The highest BCUT2D eigenvalue weighted by Crippen LogP contribution is 2.32. The summed E-state index contributed by atoms with van der Waals surface area (Å²) in [5.74, 6) is -3.68. The van der Waals surface area contributed by atoms with Crippen LogP contribution in [0.3, 0.4) is 0 Å². The van der Waals surface area contributed by atoms with E-state index >= 15 is 0 Å². The minimum atomic E-state index is -3.18. The summed E-state index contributed by atoms with van der Waals surface area (Å²) in [6.07, 6.45) is -12.1. The zero-order chi connectivity index (χ0) is 19.3. The van der Waals surface area contributed by atoms with Crippen molar-refractivity contribution in [3.63, 3.8) is 0 Å². The second kappa shape index (κ2) is 8.70. The number of esters is 4. The first-order valence-electron chi connectivity index (χ1n) is 7.15. The van der Waals surface area contributed by atoms with E-state index in [0.29, 0.717) is 0 Å². The van der Waals surface area contributed by atoms with E-state index in [9.17, 15) is 28.0 Å².